The van der Waals surface area contributed by atoms with E-state index in [4.69, 9.17) is 5.11 Å². The summed E-state index contributed by atoms with van der Waals surface area (Å²) in [7, 11) is 5.25. The van der Waals surface area contributed by atoms with Gasteiger partial charge in [-0.25, -0.2) is 4.39 Å². The molecule has 0 saturated carbocycles. The van der Waals surface area contributed by atoms with E-state index in [0.717, 1.165) is 5.56 Å². The number of likely N-dealkylation sites (N-methyl/N-ethyl adjacent to an activating group) is 2. The average Bonchev–Trinajstić information content (AvgIpc) is 2.41. The number of halogens is 1. The van der Waals surface area contributed by atoms with E-state index < -0.39 is 0 Å². The second kappa shape index (κ2) is 8.40. The highest BCUT2D eigenvalue weighted by molar-refractivity contribution is 5.77. The fraction of sp³-hybridized carbons (Fsp3) is 0.438. The summed E-state index contributed by atoms with van der Waals surface area (Å²) in [5, 5.41) is 8.74. The van der Waals surface area contributed by atoms with E-state index in [2.05, 4.69) is 11.8 Å². The third-order valence-electron chi connectivity index (χ3n) is 2.88. The van der Waals surface area contributed by atoms with Crippen molar-refractivity contribution in [1.29, 1.82) is 0 Å². The van der Waals surface area contributed by atoms with Gasteiger partial charge >= 0.3 is 0 Å². The number of hydrogen-bond acceptors (Lipinski definition) is 3. The first kappa shape index (κ1) is 17.2. The number of carbonyl (C=O) groups excluding carboxylic acids is 1. The molecular formula is C16H21FN2O2. The lowest BCUT2D eigenvalue weighted by Crippen LogP contribution is -2.34. The van der Waals surface area contributed by atoms with Crippen LogP contribution in [0.2, 0.25) is 0 Å². The van der Waals surface area contributed by atoms with Gasteiger partial charge in [-0.15, -0.1) is 0 Å². The van der Waals surface area contributed by atoms with E-state index in [1.54, 1.807) is 20.2 Å². The van der Waals surface area contributed by atoms with E-state index in [1.165, 1.54) is 17.0 Å². The molecule has 5 heteroatoms. The van der Waals surface area contributed by atoms with Crippen LogP contribution in [0.1, 0.15) is 17.5 Å². The topological polar surface area (TPSA) is 43.8 Å². The zero-order valence-electron chi connectivity index (χ0n) is 12.7. The van der Waals surface area contributed by atoms with Gasteiger partial charge in [0.25, 0.3) is 0 Å². The van der Waals surface area contributed by atoms with Gasteiger partial charge in [-0.05, 0) is 24.7 Å². The second-order valence-electron chi connectivity index (χ2n) is 5.04. The van der Waals surface area contributed by atoms with Gasteiger partial charge < -0.3 is 10.0 Å². The highest BCUT2D eigenvalue weighted by Crippen LogP contribution is 2.12. The zero-order valence-corrected chi connectivity index (χ0v) is 12.7. The fourth-order valence-electron chi connectivity index (χ4n) is 1.74. The number of carbonyl (C=O) groups is 1. The maximum atomic E-state index is 13.3. The van der Waals surface area contributed by atoms with Crippen LogP contribution in [0.25, 0.3) is 0 Å². The molecule has 21 heavy (non-hydrogen) atoms. The van der Waals surface area contributed by atoms with Gasteiger partial charge in [0.05, 0.1) is 13.2 Å². The second-order valence-corrected chi connectivity index (χ2v) is 5.04. The van der Waals surface area contributed by atoms with Crippen LogP contribution >= 0.6 is 0 Å². The molecule has 0 aliphatic carbocycles. The molecule has 0 unspecified atom stereocenters. The van der Waals surface area contributed by atoms with Gasteiger partial charge in [-0.2, -0.15) is 0 Å². The largest absolute Gasteiger partial charge is 0.395 e. The Kier molecular flexibility index (Phi) is 6.86. The SMILES string of the molecule is CN(CC(=O)N(C)C)Cc1ccc(F)cc1C#CCCO. The quantitative estimate of drug-likeness (QED) is 0.826. The minimum atomic E-state index is -0.348. The lowest BCUT2D eigenvalue weighted by molar-refractivity contribution is -0.129. The standard InChI is InChI=1S/C16H21FN2O2/c1-18(2)16(21)12-19(3)11-14-7-8-15(17)10-13(14)6-4-5-9-20/h7-8,10,20H,5,9,11-12H2,1-3H3. The minimum absolute atomic E-state index is 0.00697. The predicted octanol–water partition coefficient (Wildman–Crippen LogP) is 1.08. The van der Waals surface area contributed by atoms with E-state index in [1.807, 2.05) is 11.9 Å². The van der Waals surface area contributed by atoms with Gasteiger partial charge in [0.15, 0.2) is 0 Å². The fourth-order valence-corrected chi connectivity index (χ4v) is 1.74. The summed E-state index contributed by atoms with van der Waals surface area (Å²) >= 11 is 0. The molecule has 0 atom stereocenters. The number of aliphatic hydroxyl groups is 1. The summed E-state index contributed by atoms with van der Waals surface area (Å²) in [5.74, 6) is 5.31. The molecule has 1 rings (SSSR count). The number of amides is 1. The lowest BCUT2D eigenvalue weighted by atomic mass is 10.1. The summed E-state index contributed by atoms with van der Waals surface area (Å²) < 4.78 is 13.3. The molecule has 0 fully saturated rings. The summed E-state index contributed by atoms with van der Waals surface area (Å²) in [6.07, 6.45) is 0.352. The number of benzene rings is 1. The van der Waals surface area contributed by atoms with Gasteiger partial charge in [0.1, 0.15) is 5.82 Å². The van der Waals surface area contributed by atoms with Crippen LogP contribution in [0.3, 0.4) is 0 Å². The molecule has 0 spiro atoms. The van der Waals surface area contributed by atoms with Crippen molar-refractivity contribution in [3.8, 4) is 11.8 Å². The molecule has 1 amide bonds. The summed E-state index contributed by atoms with van der Waals surface area (Å²) in [5.41, 5.74) is 1.45. The number of hydrogen-bond donors (Lipinski definition) is 1. The molecule has 4 nitrogen and oxygen atoms in total. The first-order valence-corrected chi connectivity index (χ1v) is 6.71. The first-order valence-electron chi connectivity index (χ1n) is 6.71. The number of rotatable bonds is 5. The Labute approximate surface area is 125 Å². The van der Waals surface area contributed by atoms with Crippen LogP contribution in [0, 0.1) is 17.7 Å². The molecule has 1 N–H and O–H groups in total. The van der Waals surface area contributed by atoms with Gasteiger partial charge in [-0.1, -0.05) is 17.9 Å². The van der Waals surface area contributed by atoms with E-state index in [0.29, 0.717) is 18.5 Å². The van der Waals surface area contributed by atoms with E-state index in [9.17, 15) is 9.18 Å². The lowest BCUT2D eigenvalue weighted by Gasteiger charge is -2.19. The monoisotopic (exact) mass is 292 g/mol. The van der Waals surface area contributed by atoms with Crippen molar-refractivity contribution in [2.45, 2.75) is 13.0 Å². The molecule has 0 aliphatic rings. The molecule has 0 saturated heterocycles. The normalized spacial score (nSPS) is 10.2. The third-order valence-corrected chi connectivity index (χ3v) is 2.88. The third kappa shape index (κ3) is 5.94. The van der Waals surface area contributed by atoms with Crippen LogP contribution in [0.15, 0.2) is 18.2 Å². The Hall–Kier alpha value is -1.90. The van der Waals surface area contributed by atoms with Crippen LogP contribution < -0.4 is 0 Å². The Morgan fingerprint density at radius 2 is 2.05 bits per heavy atom. The number of aliphatic hydroxyl groups excluding tert-OH is 1. The molecule has 0 radical (unpaired) electrons. The van der Waals surface area contributed by atoms with E-state index in [-0.39, 0.29) is 24.9 Å². The predicted molar refractivity (Wildman–Crippen MR) is 80.0 cm³/mol. The van der Waals surface area contributed by atoms with Crippen LogP contribution in [0.4, 0.5) is 4.39 Å². The van der Waals surface area contributed by atoms with Crippen molar-refractivity contribution >= 4 is 5.91 Å². The minimum Gasteiger partial charge on any atom is -0.395 e. The summed E-state index contributed by atoms with van der Waals surface area (Å²) in [6.45, 7) is 0.770. The zero-order chi connectivity index (χ0) is 15.8. The summed E-state index contributed by atoms with van der Waals surface area (Å²) in [4.78, 5) is 15.0. The Morgan fingerprint density at radius 3 is 2.67 bits per heavy atom. The first-order chi connectivity index (χ1) is 9.93. The molecule has 114 valence electrons. The van der Waals surface area contributed by atoms with Crippen molar-refractivity contribution in [2.75, 3.05) is 34.3 Å². The average molecular weight is 292 g/mol. The molecule has 0 aromatic heterocycles. The van der Waals surface area contributed by atoms with Crippen LogP contribution in [-0.2, 0) is 11.3 Å². The van der Waals surface area contributed by atoms with Gasteiger partial charge in [-0.3, -0.25) is 9.69 Å². The van der Waals surface area contributed by atoms with Gasteiger partial charge in [0, 0.05) is 32.6 Å². The van der Waals surface area contributed by atoms with Crippen molar-refractivity contribution < 1.29 is 14.3 Å². The Bertz CT molecular complexity index is 547. The van der Waals surface area contributed by atoms with Crippen molar-refractivity contribution in [3.05, 3.63) is 35.1 Å². The summed E-state index contributed by atoms with van der Waals surface area (Å²) in [6, 6.07) is 4.43. The molecule has 0 aliphatic heterocycles. The molecule has 1 aromatic carbocycles. The molecule has 0 bridgehead atoms. The highest BCUT2D eigenvalue weighted by Gasteiger charge is 2.11. The van der Waals surface area contributed by atoms with Crippen molar-refractivity contribution in [3.63, 3.8) is 0 Å². The Morgan fingerprint density at radius 1 is 1.33 bits per heavy atom. The van der Waals surface area contributed by atoms with Crippen LogP contribution in [0.5, 0.6) is 0 Å². The molecule has 0 heterocycles. The molecule has 1 aromatic rings. The van der Waals surface area contributed by atoms with Crippen molar-refractivity contribution in [1.82, 2.24) is 9.80 Å². The van der Waals surface area contributed by atoms with Crippen molar-refractivity contribution in [2.24, 2.45) is 0 Å². The number of nitrogens with zero attached hydrogens (tertiary/aromatic N) is 2. The smallest absolute Gasteiger partial charge is 0.236 e. The maximum absolute atomic E-state index is 13.3. The van der Waals surface area contributed by atoms with Gasteiger partial charge in [0.2, 0.25) is 5.91 Å². The Balaban J connectivity index is 2.83. The maximum Gasteiger partial charge on any atom is 0.236 e. The van der Waals surface area contributed by atoms with Crippen LogP contribution in [-0.4, -0.2) is 55.1 Å². The highest BCUT2D eigenvalue weighted by atomic mass is 19.1. The van der Waals surface area contributed by atoms with E-state index >= 15 is 0 Å². The molecular weight excluding hydrogens is 271 g/mol.